The average molecular weight is 382 g/mol. The lowest BCUT2D eigenvalue weighted by Crippen LogP contribution is -2.40. The lowest BCUT2D eigenvalue weighted by atomic mass is 10.0. The molecule has 7 heteroatoms. The fraction of sp³-hybridized carbons (Fsp3) is 0.333. The minimum atomic E-state index is -0.605. The van der Waals surface area contributed by atoms with E-state index >= 15 is 0 Å². The first kappa shape index (κ1) is 18.5. The molecule has 28 heavy (non-hydrogen) atoms. The van der Waals surface area contributed by atoms with Gasteiger partial charge in [0.2, 0.25) is 5.91 Å². The van der Waals surface area contributed by atoms with Gasteiger partial charge in [0.05, 0.1) is 25.1 Å². The molecular weight excluding hydrogens is 360 g/mol. The van der Waals surface area contributed by atoms with Crippen LogP contribution in [0.1, 0.15) is 33.9 Å². The van der Waals surface area contributed by atoms with Gasteiger partial charge in [-0.05, 0) is 24.1 Å². The molecule has 1 saturated heterocycles. The molecule has 2 heterocycles. The molecule has 0 saturated carbocycles. The van der Waals surface area contributed by atoms with Gasteiger partial charge in [0.1, 0.15) is 12.4 Å². The lowest BCUT2D eigenvalue weighted by Gasteiger charge is -2.31. The molecule has 2 atom stereocenters. The van der Waals surface area contributed by atoms with Crippen LogP contribution in [0.4, 0.5) is 0 Å². The fourth-order valence-electron chi connectivity index (χ4n) is 3.72. The Kier molecular flexibility index (Phi) is 5.27. The second-order valence-electron chi connectivity index (χ2n) is 7.03. The number of hydroxylamine groups is 1. The molecule has 2 aromatic carbocycles. The fourth-order valence-corrected chi connectivity index (χ4v) is 3.72. The molecule has 0 aromatic heterocycles. The van der Waals surface area contributed by atoms with E-state index in [1.165, 1.54) is 0 Å². The van der Waals surface area contributed by atoms with Crippen LogP contribution < -0.4 is 10.2 Å². The highest BCUT2D eigenvalue weighted by Crippen LogP contribution is 2.34. The van der Waals surface area contributed by atoms with Crippen LogP contribution in [0, 0.1) is 5.92 Å². The normalized spacial score (nSPS) is 21.4. The van der Waals surface area contributed by atoms with Crippen LogP contribution in [-0.4, -0.2) is 41.7 Å². The van der Waals surface area contributed by atoms with Crippen LogP contribution in [0.25, 0.3) is 0 Å². The molecule has 4 rings (SSSR count). The van der Waals surface area contributed by atoms with Crippen LogP contribution in [0.2, 0.25) is 0 Å². The van der Waals surface area contributed by atoms with Crippen LogP contribution >= 0.6 is 0 Å². The summed E-state index contributed by atoms with van der Waals surface area (Å²) in [6, 6.07) is 14.5. The number of carbonyl (C=O) groups is 2. The van der Waals surface area contributed by atoms with Crippen molar-refractivity contribution in [3.05, 3.63) is 65.2 Å². The Morgan fingerprint density at radius 3 is 2.64 bits per heavy atom. The zero-order chi connectivity index (χ0) is 19.5. The van der Waals surface area contributed by atoms with E-state index in [0.29, 0.717) is 31.1 Å². The number of carbonyl (C=O) groups excluding carboxylic acids is 2. The predicted octanol–water partition coefficient (Wildman–Crippen LogP) is 2.30. The molecule has 0 unspecified atom stereocenters. The first-order valence-corrected chi connectivity index (χ1v) is 9.30. The van der Waals surface area contributed by atoms with Crippen LogP contribution in [-0.2, 0) is 16.1 Å². The Morgan fingerprint density at radius 1 is 1.11 bits per heavy atom. The number of rotatable bonds is 3. The molecule has 0 bridgehead atoms. The second-order valence-corrected chi connectivity index (χ2v) is 7.03. The summed E-state index contributed by atoms with van der Waals surface area (Å²) in [7, 11) is 0. The van der Waals surface area contributed by atoms with E-state index in [-0.39, 0.29) is 24.5 Å². The molecule has 146 valence electrons. The van der Waals surface area contributed by atoms with Gasteiger partial charge in [0.15, 0.2) is 0 Å². The van der Waals surface area contributed by atoms with E-state index < -0.39 is 5.91 Å². The topological polar surface area (TPSA) is 88.1 Å². The van der Waals surface area contributed by atoms with Gasteiger partial charge in [0.25, 0.3) is 5.91 Å². The van der Waals surface area contributed by atoms with Crippen LogP contribution in [0.15, 0.2) is 48.5 Å². The van der Waals surface area contributed by atoms with Gasteiger partial charge in [-0.15, -0.1) is 0 Å². The first-order valence-electron chi connectivity index (χ1n) is 9.30. The number of nitrogens with one attached hydrogen (secondary N) is 1. The van der Waals surface area contributed by atoms with Crippen molar-refractivity contribution in [3.63, 3.8) is 0 Å². The average Bonchev–Trinajstić information content (AvgIpc) is 3.21. The largest absolute Gasteiger partial charge is 0.491 e. The number of benzene rings is 2. The first-order chi connectivity index (χ1) is 13.7. The van der Waals surface area contributed by atoms with E-state index in [0.717, 1.165) is 17.5 Å². The quantitative estimate of drug-likeness (QED) is 0.628. The van der Waals surface area contributed by atoms with E-state index in [1.54, 1.807) is 23.7 Å². The van der Waals surface area contributed by atoms with Gasteiger partial charge in [-0.2, -0.15) is 0 Å². The Labute approximate surface area is 162 Å². The van der Waals surface area contributed by atoms with Crippen molar-refractivity contribution < 1.29 is 24.3 Å². The summed E-state index contributed by atoms with van der Waals surface area (Å²) >= 11 is 0. The Morgan fingerprint density at radius 2 is 1.93 bits per heavy atom. The van der Waals surface area contributed by atoms with Crippen molar-refractivity contribution in [2.45, 2.75) is 19.0 Å². The van der Waals surface area contributed by atoms with Crippen molar-refractivity contribution >= 4 is 11.8 Å². The zero-order valence-corrected chi connectivity index (χ0v) is 15.3. The number of hydrogen-bond donors (Lipinski definition) is 2. The summed E-state index contributed by atoms with van der Waals surface area (Å²) in [5, 5.41) is 8.87. The number of nitrogens with zero attached hydrogens (tertiary/aromatic N) is 1. The maximum atomic E-state index is 13.3. The standard InChI is InChI=1S/C21H22N2O5/c24-20(22-26)15-6-7-16-11-23(21(25)17-8-9-27-12-17)18(13-28-19(16)10-15)14-4-2-1-3-5-14/h1-7,10,17-18,26H,8-9,11-13H2,(H,22,24)/t17-,18-/m1/s1. The SMILES string of the molecule is O=C(NO)c1ccc2c(c1)OC[C@H](c1ccccc1)N(C(=O)[C@@H]1CCOC1)C2. The molecular formula is C21H22N2O5. The monoisotopic (exact) mass is 382 g/mol. The van der Waals surface area contributed by atoms with Gasteiger partial charge in [0, 0.05) is 17.7 Å². The number of hydrogen-bond acceptors (Lipinski definition) is 5. The van der Waals surface area contributed by atoms with E-state index in [2.05, 4.69) is 0 Å². The maximum absolute atomic E-state index is 13.3. The molecule has 2 aromatic rings. The number of amides is 2. The highest BCUT2D eigenvalue weighted by atomic mass is 16.5. The van der Waals surface area contributed by atoms with Crippen molar-refractivity contribution in [2.75, 3.05) is 19.8 Å². The van der Waals surface area contributed by atoms with Crippen molar-refractivity contribution in [3.8, 4) is 5.75 Å². The van der Waals surface area contributed by atoms with Gasteiger partial charge in [-0.1, -0.05) is 36.4 Å². The summed E-state index contributed by atoms with van der Waals surface area (Å²) in [4.78, 5) is 26.8. The van der Waals surface area contributed by atoms with Gasteiger partial charge in [-0.25, -0.2) is 5.48 Å². The molecule has 2 N–H and O–H groups in total. The maximum Gasteiger partial charge on any atom is 0.274 e. The molecule has 2 amide bonds. The minimum absolute atomic E-state index is 0.0555. The van der Waals surface area contributed by atoms with Gasteiger partial charge >= 0.3 is 0 Å². The Hall–Kier alpha value is -2.90. The highest BCUT2D eigenvalue weighted by Gasteiger charge is 2.35. The minimum Gasteiger partial charge on any atom is -0.491 e. The molecule has 1 fully saturated rings. The summed E-state index contributed by atoms with van der Waals surface area (Å²) in [6.45, 7) is 1.71. The third-order valence-corrected chi connectivity index (χ3v) is 5.29. The zero-order valence-electron chi connectivity index (χ0n) is 15.3. The second kappa shape index (κ2) is 8.00. The highest BCUT2D eigenvalue weighted by molar-refractivity contribution is 5.93. The molecule has 0 aliphatic carbocycles. The molecule has 0 radical (unpaired) electrons. The summed E-state index contributed by atoms with van der Waals surface area (Å²) in [5.74, 6) is -0.154. The van der Waals surface area contributed by atoms with E-state index in [1.807, 2.05) is 35.2 Å². The molecule has 7 nitrogen and oxygen atoms in total. The molecule has 2 aliphatic rings. The van der Waals surface area contributed by atoms with E-state index in [4.69, 9.17) is 14.7 Å². The number of fused-ring (bicyclic) bond motifs is 1. The van der Waals surface area contributed by atoms with Gasteiger partial charge in [-0.3, -0.25) is 14.8 Å². The summed E-state index contributed by atoms with van der Waals surface area (Å²) in [6.07, 6.45) is 0.722. The summed E-state index contributed by atoms with van der Waals surface area (Å²) in [5.41, 5.74) is 3.74. The predicted molar refractivity (Wildman–Crippen MR) is 99.8 cm³/mol. The summed E-state index contributed by atoms with van der Waals surface area (Å²) < 4.78 is 11.4. The van der Waals surface area contributed by atoms with Crippen LogP contribution in [0.3, 0.4) is 0 Å². The third kappa shape index (κ3) is 3.58. The Balaban J connectivity index is 1.69. The third-order valence-electron chi connectivity index (χ3n) is 5.29. The van der Waals surface area contributed by atoms with Crippen molar-refractivity contribution in [1.29, 1.82) is 0 Å². The van der Waals surface area contributed by atoms with Crippen molar-refractivity contribution in [2.24, 2.45) is 5.92 Å². The van der Waals surface area contributed by atoms with E-state index in [9.17, 15) is 9.59 Å². The van der Waals surface area contributed by atoms with Gasteiger partial charge < -0.3 is 14.4 Å². The lowest BCUT2D eigenvalue weighted by molar-refractivity contribution is -0.139. The number of ether oxygens (including phenoxy) is 2. The van der Waals surface area contributed by atoms with Crippen LogP contribution in [0.5, 0.6) is 5.75 Å². The smallest absolute Gasteiger partial charge is 0.274 e. The van der Waals surface area contributed by atoms with Crippen molar-refractivity contribution in [1.82, 2.24) is 10.4 Å². The Bertz CT molecular complexity index is 864. The molecule has 2 aliphatic heterocycles. The molecule has 0 spiro atoms.